The van der Waals surface area contributed by atoms with Crippen LogP contribution in [0.1, 0.15) is 6.92 Å². The van der Waals surface area contributed by atoms with Gasteiger partial charge in [0.15, 0.2) is 0 Å². The second-order valence-corrected chi connectivity index (χ2v) is 6.68. The van der Waals surface area contributed by atoms with Crippen LogP contribution in [0.2, 0.25) is 13.1 Å². The summed E-state index contributed by atoms with van der Waals surface area (Å²) >= 11 is 0. The van der Waals surface area contributed by atoms with E-state index in [1.54, 1.807) is 12.1 Å². The minimum absolute atomic E-state index is 0.288. The molecule has 0 radical (unpaired) electrons. The summed E-state index contributed by atoms with van der Waals surface area (Å²) in [5, 5.41) is 0. The molecule has 0 saturated heterocycles. The Kier molecular flexibility index (Phi) is 3.66. The van der Waals surface area contributed by atoms with Crippen molar-refractivity contribution in [1.82, 2.24) is 0 Å². The minimum Gasteiger partial charge on any atom is -0.520 e. The fourth-order valence-corrected chi connectivity index (χ4v) is 2.64. The topological polar surface area (TPSA) is 18.5 Å². The third-order valence-electron chi connectivity index (χ3n) is 1.65. The van der Waals surface area contributed by atoms with Crippen molar-refractivity contribution in [3.05, 3.63) is 30.1 Å². The molecule has 0 amide bonds. The molecule has 0 fully saturated rings. The fraction of sp³-hybridized carbons (Fsp3) is 0.400. The molecule has 1 aromatic carbocycles. The van der Waals surface area contributed by atoms with Gasteiger partial charge in [-0.2, -0.15) is 0 Å². The van der Waals surface area contributed by atoms with E-state index < -0.39 is 8.56 Å². The van der Waals surface area contributed by atoms with E-state index in [-0.39, 0.29) is 5.82 Å². The highest BCUT2D eigenvalue weighted by atomic mass is 28.4. The fourth-order valence-electron chi connectivity index (χ4n) is 1.19. The monoisotopic (exact) mass is 214 g/mol. The average molecular weight is 214 g/mol. The maximum absolute atomic E-state index is 12.8. The molecule has 0 N–H and O–H groups in total. The lowest BCUT2D eigenvalue weighted by Gasteiger charge is -2.22. The zero-order valence-corrected chi connectivity index (χ0v) is 9.71. The van der Waals surface area contributed by atoms with E-state index in [1.165, 1.54) is 12.1 Å². The quantitative estimate of drug-likeness (QED) is 0.717. The minimum atomic E-state index is -2.13. The van der Waals surface area contributed by atoms with Crippen molar-refractivity contribution in [2.75, 3.05) is 6.61 Å². The summed E-state index contributed by atoms with van der Waals surface area (Å²) in [6, 6.07) is 6.12. The van der Waals surface area contributed by atoms with Gasteiger partial charge in [-0.25, -0.2) is 4.39 Å². The first-order valence-electron chi connectivity index (χ1n) is 4.62. The van der Waals surface area contributed by atoms with Crippen molar-refractivity contribution >= 4 is 8.56 Å². The molecule has 2 nitrogen and oxygen atoms in total. The lowest BCUT2D eigenvalue weighted by atomic mass is 10.3. The second-order valence-electron chi connectivity index (χ2n) is 3.39. The highest BCUT2D eigenvalue weighted by Gasteiger charge is 2.25. The third-order valence-corrected chi connectivity index (χ3v) is 3.36. The third kappa shape index (κ3) is 3.47. The van der Waals surface area contributed by atoms with Crippen LogP contribution in [0.4, 0.5) is 4.39 Å². The summed E-state index contributed by atoms with van der Waals surface area (Å²) in [6.07, 6.45) is 0. The SMILES string of the molecule is CCO[Si](C)(C)Oc1cccc(F)c1. The maximum Gasteiger partial charge on any atom is 0.392 e. The molecule has 78 valence electrons. The Labute approximate surface area is 84.9 Å². The molecule has 0 aliphatic rings. The molecule has 1 rings (SSSR count). The number of hydrogen-bond donors (Lipinski definition) is 0. The smallest absolute Gasteiger partial charge is 0.392 e. The number of hydrogen-bond acceptors (Lipinski definition) is 2. The van der Waals surface area contributed by atoms with Gasteiger partial charge in [-0.1, -0.05) is 6.07 Å². The van der Waals surface area contributed by atoms with Crippen molar-refractivity contribution in [3.63, 3.8) is 0 Å². The van der Waals surface area contributed by atoms with E-state index in [9.17, 15) is 4.39 Å². The van der Waals surface area contributed by atoms with Crippen molar-refractivity contribution in [2.45, 2.75) is 20.0 Å². The summed E-state index contributed by atoms with van der Waals surface area (Å²) in [5.41, 5.74) is 0. The van der Waals surface area contributed by atoms with Gasteiger partial charge in [-0.3, -0.25) is 0 Å². The predicted octanol–water partition coefficient (Wildman–Crippen LogP) is 2.94. The molecule has 0 aliphatic heterocycles. The van der Waals surface area contributed by atoms with Gasteiger partial charge in [-0.15, -0.1) is 0 Å². The molecule has 14 heavy (non-hydrogen) atoms. The molecular weight excluding hydrogens is 199 g/mol. The van der Waals surface area contributed by atoms with Crippen LogP contribution < -0.4 is 4.43 Å². The van der Waals surface area contributed by atoms with Crippen LogP contribution in [0.3, 0.4) is 0 Å². The zero-order chi connectivity index (χ0) is 10.6. The molecule has 0 saturated carbocycles. The standard InChI is InChI=1S/C10H15FO2Si/c1-4-12-14(2,3)13-10-7-5-6-9(11)8-10/h5-8H,4H2,1-3H3. The van der Waals surface area contributed by atoms with Gasteiger partial charge in [0.2, 0.25) is 0 Å². The number of benzene rings is 1. The Hall–Kier alpha value is -0.873. The largest absolute Gasteiger partial charge is 0.520 e. The summed E-state index contributed by atoms with van der Waals surface area (Å²) in [5.74, 6) is 0.249. The highest BCUT2D eigenvalue weighted by Crippen LogP contribution is 2.17. The summed E-state index contributed by atoms with van der Waals surface area (Å²) in [7, 11) is -2.13. The van der Waals surface area contributed by atoms with E-state index in [0.717, 1.165) is 0 Å². The lowest BCUT2D eigenvalue weighted by Crippen LogP contribution is -2.38. The molecule has 0 spiro atoms. The molecule has 4 heteroatoms. The van der Waals surface area contributed by atoms with E-state index >= 15 is 0 Å². The highest BCUT2D eigenvalue weighted by molar-refractivity contribution is 6.65. The van der Waals surface area contributed by atoms with Crippen LogP contribution in [0, 0.1) is 5.82 Å². The number of halogens is 1. The van der Waals surface area contributed by atoms with Crippen molar-refractivity contribution in [1.29, 1.82) is 0 Å². The Bertz CT molecular complexity index is 302. The second kappa shape index (κ2) is 4.57. The van der Waals surface area contributed by atoms with Crippen molar-refractivity contribution < 1.29 is 13.2 Å². The molecular formula is C10H15FO2Si. The van der Waals surface area contributed by atoms with Crippen LogP contribution in [0.25, 0.3) is 0 Å². The first kappa shape index (κ1) is 11.2. The Balaban J connectivity index is 2.68. The first-order chi connectivity index (χ1) is 6.53. The molecule has 0 unspecified atom stereocenters. The zero-order valence-electron chi connectivity index (χ0n) is 8.71. The summed E-state index contributed by atoms with van der Waals surface area (Å²) in [6.45, 7) is 6.40. The first-order valence-corrected chi connectivity index (χ1v) is 7.44. The molecule has 0 heterocycles. The van der Waals surface area contributed by atoms with Gasteiger partial charge in [-0.05, 0) is 32.2 Å². The Morgan fingerprint density at radius 3 is 2.64 bits per heavy atom. The van der Waals surface area contributed by atoms with Crippen LogP contribution in [0.5, 0.6) is 5.75 Å². The van der Waals surface area contributed by atoms with Gasteiger partial charge in [0.05, 0.1) is 0 Å². The normalized spacial score (nSPS) is 11.4. The molecule has 0 atom stereocenters. The summed E-state index contributed by atoms with van der Waals surface area (Å²) < 4.78 is 23.9. The maximum atomic E-state index is 12.8. The van der Waals surface area contributed by atoms with Crippen LogP contribution >= 0.6 is 0 Å². The molecule has 0 aromatic heterocycles. The molecule has 1 aromatic rings. The van der Waals surface area contributed by atoms with Crippen LogP contribution in [-0.4, -0.2) is 15.2 Å². The van der Waals surface area contributed by atoms with Crippen molar-refractivity contribution in [2.24, 2.45) is 0 Å². The average Bonchev–Trinajstić information content (AvgIpc) is 2.02. The summed E-state index contributed by atoms with van der Waals surface area (Å²) in [4.78, 5) is 0. The van der Waals surface area contributed by atoms with Crippen LogP contribution in [0.15, 0.2) is 24.3 Å². The van der Waals surface area contributed by atoms with Crippen LogP contribution in [-0.2, 0) is 4.43 Å². The van der Waals surface area contributed by atoms with E-state index in [1.807, 2.05) is 20.0 Å². The van der Waals surface area contributed by atoms with Gasteiger partial charge < -0.3 is 8.85 Å². The van der Waals surface area contributed by atoms with Gasteiger partial charge in [0.25, 0.3) is 0 Å². The lowest BCUT2D eigenvalue weighted by molar-refractivity contribution is 0.263. The van der Waals surface area contributed by atoms with E-state index in [0.29, 0.717) is 12.4 Å². The predicted molar refractivity (Wildman–Crippen MR) is 56.1 cm³/mol. The van der Waals surface area contributed by atoms with E-state index in [4.69, 9.17) is 8.85 Å². The Morgan fingerprint density at radius 2 is 2.07 bits per heavy atom. The Morgan fingerprint density at radius 1 is 1.36 bits per heavy atom. The molecule has 0 aliphatic carbocycles. The van der Waals surface area contributed by atoms with E-state index in [2.05, 4.69) is 0 Å². The van der Waals surface area contributed by atoms with Gasteiger partial charge >= 0.3 is 8.56 Å². The van der Waals surface area contributed by atoms with Crippen molar-refractivity contribution in [3.8, 4) is 5.75 Å². The molecule has 0 bridgehead atoms. The number of rotatable bonds is 4. The van der Waals surface area contributed by atoms with Gasteiger partial charge in [0.1, 0.15) is 11.6 Å². The van der Waals surface area contributed by atoms with Gasteiger partial charge in [0, 0.05) is 12.7 Å².